The molecule has 0 saturated carbocycles. The minimum Gasteiger partial charge on any atom is -0.508 e. The summed E-state index contributed by atoms with van der Waals surface area (Å²) in [6, 6.07) is 12.8. The average Bonchev–Trinajstić information content (AvgIpc) is 2.34. The van der Waals surface area contributed by atoms with Crippen molar-refractivity contribution in [3.8, 4) is 5.75 Å². The number of anilines is 2. The van der Waals surface area contributed by atoms with Crippen LogP contribution in [0.2, 0.25) is 0 Å². The fourth-order valence-corrected chi connectivity index (χ4v) is 1.17. The van der Waals surface area contributed by atoms with Gasteiger partial charge in [-0.1, -0.05) is 12.1 Å². The van der Waals surface area contributed by atoms with E-state index in [4.69, 9.17) is 21.7 Å². The van der Waals surface area contributed by atoms with Crippen LogP contribution >= 0.6 is 0 Å². The molecule has 0 aliphatic heterocycles. The molecule has 0 spiro atoms. The monoisotopic (exact) mass is 246 g/mol. The van der Waals surface area contributed by atoms with Gasteiger partial charge in [-0.05, 0) is 36.4 Å². The number of rotatable bonds is 1. The van der Waals surface area contributed by atoms with Crippen molar-refractivity contribution in [2.24, 2.45) is 0 Å². The van der Waals surface area contributed by atoms with E-state index in [0.29, 0.717) is 11.4 Å². The Balaban J connectivity index is 0.000000184. The number of carboxylic acids is 1. The molecule has 18 heavy (non-hydrogen) atoms. The lowest BCUT2D eigenvalue weighted by Crippen LogP contribution is -2.00. The molecular weight excluding hydrogens is 232 g/mol. The summed E-state index contributed by atoms with van der Waals surface area (Å²) in [4.78, 5) is 10.3. The maximum absolute atomic E-state index is 10.3. The Morgan fingerprint density at radius 1 is 0.944 bits per heavy atom. The van der Waals surface area contributed by atoms with Gasteiger partial charge >= 0.3 is 5.97 Å². The Labute approximate surface area is 104 Å². The van der Waals surface area contributed by atoms with Crippen LogP contribution < -0.4 is 11.5 Å². The Morgan fingerprint density at radius 3 is 1.89 bits per heavy atom. The van der Waals surface area contributed by atoms with Gasteiger partial charge in [0.15, 0.2) is 0 Å². The van der Waals surface area contributed by atoms with Crippen LogP contribution in [0.1, 0.15) is 10.4 Å². The molecule has 2 aromatic rings. The van der Waals surface area contributed by atoms with Gasteiger partial charge in [0.2, 0.25) is 0 Å². The maximum atomic E-state index is 10.3. The molecule has 94 valence electrons. The lowest BCUT2D eigenvalue weighted by atomic mass is 10.2. The normalized spacial score (nSPS) is 9.11. The SMILES string of the molecule is Nc1ccc(O)cc1.Nc1ccccc1C(=O)O. The molecule has 6 N–H and O–H groups in total. The minimum absolute atomic E-state index is 0.155. The second-order valence-corrected chi connectivity index (χ2v) is 3.48. The predicted molar refractivity (Wildman–Crippen MR) is 70.3 cm³/mol. The molecule has 2 aromatic carbocycles. The Bertz CT molecular complexity index is 503. The third kappa shape index (κ3) is 4.05. The fourth-order valence-electron chi connectivity index (χ4n) is 1.17. The van der Waals surface area contributed by atoms with E-state index in [1.165, 1.54) is 6.07 Å². The molecule has 0 fully saturated rings. The first-order valence-electron chi connectivity index (χ1n) is 5.13. The van der Waals surface area contributed by atoms with Gasteiger partial charge in [-0.15, -0.1) is 0 Å². The molecule has 0 aromatic heterocycles. The van der Waals surface area contributed by atoms with Crippen LogP contribution in [0.25, 0.3) is 0 Å². The number of hydrogen-bond acceptors (Lipinski definition) is 4. The van der Waals surface area contributed by atoms with E-state index in [-0.39, 0.29) is 11.3 Å². The number of carbonyl (C=O) groups is 1. The van der Waals surface area contributed by atoms with Crippen LogP contribution in [0.5, 0.6) is 5.75 Å². The number of nitrogen functional groups attached to an aromatic ring is 2. The number of hydrogen-bond donors (Lipinski definition) is 4. The molecule has 0 saturated heterocycles. The zero-order valence-corrected chi connectivity index (χ0v) is 9.58. The standard InChI is InChI=1S/C7H7NO2.C6H7NO/c8-6-4-2-1-3-5(6)7(9)10;7-5-1-3-6(8)4-2-5/h1-4H,8H2,(H,9,10);1-4,8H,7H2. The van der Waals surface area contributed by atoms with Crippen LogP contribution in [0.15, 0.2) is 48.5 Å². The topological polar surface area (TPSA) is 110 Å². The highest BCUT2D eigenvalue weighted by Crippen LogP contribution is 2.10. The van der Waals surface area contributed by atoms with Crippen molar-refractivity contribution in [1.82, 2.24) is 0 Å². The quantitative estimate of drug-likeness (QED) is 0.454. The lowest BCUT2D eigenvalue weighted by Gasteiger charge is -1.96. The van der Waals surface area contributed by atoms with Crippen LogP contribution in [0.4, 0.5) is 11.4 Å². The number of benzene rings is 2. The maximum Gasteiger partial charge on any atom is 0.337 e. The van der Waals surface area contributed by atoms with Crippen molar-refractivity contribution in [2.45, 2.75) is 0 Å². The van der Waals surface area contributed by atoms with Crippen LogP contribution in [0, 0.1) is 0 Å². The predicted octanol–water partition coefficient (Wildman–Crippen LogP) is 1.94. The highest BCUT2D eigenvalue weighted by Gasteiger charge is 2.03. The molecule has 0 aliphatic carbocycles. The molecule has 2 rings (SSSR count). The van der Waals surface area contributed by atoms with Gasteiger partial charge in [0.1, 0.15) is 5.75 Å². The molecule has 5 nitrogen and oxygen atoms in total. The van der Waals surface area contributed by atoms with Crippen LogP contribution in [0.3, 0.4) is 0 Å². The molecule has 5 heteroatoms. The minimum atomic E-state index is -0.988. The van der Waals surface area contributed by atoms with Crippen molar-refractivity contribution in [2.75, 3.05) is 11.5 Å². The smallest absolute Gasteiger partial charge is 0.337 e. The van der Waals surface area contributed by atoms with Gasteiger partial charge < -0.3 is 21.7 Å². The Morgan fingerprint density at radius 2 is 1.50 bits per heavy atom. The van der Waals surface area contributed by atoms with Crippen molar-refractivity contribution in [3.63, 3.8) is 0 Å². The summed E-state index contributed by atoms with van der Waals surface area (Å²) in [5, 5.41) is 17.2. The fraction of sp³-hybridized carbons (Fsp3) is 0. The van der Waals surface area contributed by atoms with Gasteiger partial charge in [-0.3, -0.25) is 0 Å². The van der Waals surface area contributed by atoms with Gasteiger partial charge in [0.05, 0.1) is 5.56 Å². The number of para-hydroxylation sites is 1. The van der Waals surface area contributed by atoms with E-state index in [1.54, 1.807) is 42.5 Å². The second-order valence-electron chi connectivity index (χ2n) is 3.48. The first-order chi connectivity index (χ1) is 8.50. The van der Waals surface area contributed by atoms with Gasteiger partial charge in [-0.25, -0.2) is 4.79 Å². The van der Waals surface area contributed by atoms with Gasteiger partial charge in [0.25, 0.3) is 0 Å². The lowest BCUT2D eigenvalue weighted by molar-refractivity contribution is 0.0698. The van der Waals surface area contributed by atoms with Gasteiger partial charge in [0, 0.05) is 11.4 Å². The summed E-state index contributed by atoms with van der Waals surface area (Å²) in [5.74, 6) is -0.739. The molecule has 0 atom stereocenters. The highest BCUT2D eigenvalue weighted by atomic mass is 16.4. The van der Waals surface area contributed by atoms with Gasteiger partial charge in [-0.2, -0.15) is 0 Å². The number of phenolic OH excluding ortho intramolecular Hbond substituents is 1. The van der Waals surface area contributed by atoms with Crippen molar-refractivity contribution in [3.05, 3.63) is 54.1 Å². The number of aromatic carboxylic acids is 1. The Kier molecular flexibility index (Phi) is 4.57. The van der Waals surface area contributed by atoms with Crippen molar-refractivity contribution >= 4 is 17.3 Å². The van der Waals surface area contributed by atoms with E-state index in [1.807, 2.05) is 0 Å². The summed E-state index contributed by atoms with van der Waals surface area (Å²) in [6.45, 7) is 0. The summed E-state index contributed by atoms with van der Waals surface area (Å²) in [6.07, 6.45) is 0. The summed E-state index contributed by atoms with van der Waals surface area (Å²) < 4.78 is 0. The number of carboxylic acid groups (broad SMARTS) is 1. The van der Waals surface area contributed by atoms with E-state index in [9.17, 15) is 4.79 Å². The third-order valence-corrected chi connectivity index (χ3v) is 2.08. The van der Waals surface area contributed by atoms with Crippen molar-refractivity contribution in [1.29, 1.82) is 0 Å². The van der Waals surface area contributed by atoms with E-state index >= 15 is 0 Å². The summed E-state index contributed by atoms with van der Waals surface area (Å²) >= 11 is 0. The van der Waals surface area contributed by atoms with Crippen LogP contribution in [-0.2, 0) is 0 Å². The highest BCUT2D eigenvalue weighted by molar-refractivity contribution is 5.93. The molecule has 0 heterocycles. The summed E-state index contributed by atoms with van der Waals surface area (Å²) in [5.41, 5.74) is 11.8. The number of nitrogens with two attached hydrogens (primary N) is 2. The number of aromatic hydroxyl groups is 1. The first kappa shape index (κ1) is 13.4. The first-order valence-corrected chi connectivity index (χ1v) is 5.13. The molecule has 0 bridgehead atoms. The molecule has 0 amide bonds. The van der Waals surface area contributed by atoms with Crippen LogP contribution in [-0.4, -0.2) is 16.2 Å². The zero-order chi connectivity index (χ0) is 13.5. The summed E-state index contributed by atoms with van der Waals surface area (Å²) in [7, 11) is 0. The average molecular weight is 246 g/mol. The van der Waals surface area contributed by atoms with E-state index in [2.05, 4.69) is 0 Å². The van der Waals surface area contributed by atoms with E-state index < -0.39 is 5.97 Å². The second kappa shape index (κ2) is 6.15. The third-order valence-electron chi connectivity index (χ3n) is 2.08. The van der Waals surface area contributed by atoms with E-state index in [0.717, 1.165) is 0 Å². The molecule has 0 unspecified atom stereocenters. The number of phenols is 1. The molecular formula is C13H14N2O3. The molecule has 0 aliphatic rings. The zero-order valence-electron chi connectivity index (χ0n) is 9.58. The molecule has 0 radical (unpaired) electrons. The largest absolute Gasteiger partial charge is 0.508 e. The van der Waals surface area contributed by atoms with Crippen molar-refractivity contribution < 1.29 is 15.0 Å². The Hall–Kier alpha value is -2.69.